The molecule has 0 aliphatic carbocycles. The summed E-state index contributed by atoms with van der Waals surface area (Å²) in [5.41, 5.74) is 0.125. The Labute approximate surface area is 86.8 Å². The van der Waals surface area contributed by atoms with Crippen molar-refractivity contribution in [3.05, 3.63) is 12.2 Å². The maximum Gasteiger partial charge on any atom is 0.333 e. The summed E-state index contributed by atoms with van der Waals surface area (Å²) in [4.78, 5) is 21.9. The van der Waals surface area contributed by atoms with E-state index in [9.17, 15) is 9.59 Å². The topological polar surface area (TPSA) is 104 Å². The first-order valence-electron chi connectivity index (χ1n) is 4.22. The molecule has 3 N–H and O–H groups in total. The number of aliphatic hydroxyl groups excluding tert-OH is 3. The molecule has 0 aromatic carbocycles. The van der Waals surface area contributed by atoms with Crippen molar-refractivity contribution >= 4 is 11.8 Å². The second-order valence-electron chi connectivity index (χ2n) is 3.02. The summed E-state index contributed by atoms with van der Waals surface area (Å²) in [6.45, 7) is 3.29. The Morgan fingerprint density at radius 1 is 1.40 bits per heavy atom. The van der Waals surface area contributed by atoms with Crippen LogP contribution in [0.15, 0.2) is 12.2 Å². The van der Waals surface area contributed by atoms with E-state index in [0.717, 1.165) is 0 Å². The number of carbonyl (C=O) groups excluding carboxylic acids is 2. The number of carbonyl (C=O) groups is 2. The van der Waals surface area contributed by atoms with Crippen LogP contribution in [0.1, 0.15) is 6.92 Å². The van der Waals surface area contributed by atoms with Crippen LogP contribution in [0.2, 0.25) is 0 Å². The molecule has 0 aromatic heterocycles. The summed E-state index contributed by atoms with van der Waals surface area (Å²) in [6.07, 6.45) is -3.33. The summed E-state index contributed by atoms with van der Waals surface area (Å²) in [5.74, 6) is -1.64. The van der Waals surface area contributed by atoms with Gasteiger partial charge in [0, 0.05) is 5.57 Å². The van der Waals surface area contributed by atoms with Crippen LogP contribution in [-0.4, -0.2) is 52.5 Å². The lowest BCUT2D eigenvalue weighted by atomic mass is 10.1. The van der Waals surface area contributed by atoms with Gasteiger partial charge >= 0.3 is 5.97 Å². The van der Waals surface area contributed by atoms with Gasteiger partial charge in [0.25, 0.3) is 0 Å². The Morgan fingerprint density at radius 3 is 2.33 bits per heavy atom. The Balaban J connectivity index is 4.04. The van der Waals surface area contributed by atoms with E-state index in [0.29, 0.717) is 0 Å². The smallest absolute Gasteiger partial charge is 0.333 e. The highest BCUT2D eigenvalue weighted by atomic mass is 16.5. The van der Waals surface area contributed by atoms with Crippen molar-refractivity contribution in [3.8, 4) is 0 Å². The van der Waals surface area contributed by atoms with E-state index >= 15 is 0 Å². The number of esters is 1. The predicted molar refractivity (Wildman–Crippen MR) is 49.9 cm³/mol. The molecular formula is C9H14O6. The zero-order valence-corrected chi connectivity index (χ0v) is 8.34. The highest BCUT2D eigenvalue weighted by molar-refractivity contribution is 5.91. The Morgan fingerprint density at radius 2 is 1.93 bits per heavy atom. The molecule has 0 radical (unpaired) electrons. The van der Waals surface area contributed by atoms with Gasteiger partial charge in [0.15, 0.2) is 6.61 Å². The van der Waals surface area contributed by atoms with Gasteiger partial charge in [0.05, 0.1) is 6.61 Å². The standard InChI is InChI=1S/C9H14O6/c1-5(2)9(14)15-4-7(12)8(13)6(11)3-10/h6,8,10-11,13H,1,3-4H2,2H3/t6-,8-/m1/s1. The van der Waals surface area contributed by atoms with Crippen LogP contribution in [0.4, 0.5) is 0 Å². The van der Waals surface area contributed by atoms with Crippen molar-refractivity contribution in [2.45, 2.75) is 19.1 Å². The van der Waals surface area contributed by atoms with Gasteiger partial charge in [-0.3, -0.25) is 4.79 Å². The second-order valence-corrected chi connectivity index (χ2v) is 3.02. The number of hydrogen-bond acceptors (Lipinski definition) is 6. The van der Waals surface area contributed by atoms with Crippen molar-refractivity contribution in [3.63, 3.8) is 0 Å². The van der Waals surface area contributed by atoms with Crippen molar-refractivity contribution < 1.29 is 29.6 Å². The van der Waals surface area contributed by atoms with E-state index in [1.165, 1.54) is 6.92 Å². The molecule has 6 heteroatoms. The Bertz CT molecular complexity index is 259. The molecule has 0 rings (SSSR count). The van der Waals surface area contributed by atoms with Crippen LogP contribution < -0.4 is 0 Å². The summed E-state index contributed by atoms with van der Waals surface area (Å²) >= 11 is 0. The first-order chi connectivity index (χ1) is 6.90. The normalized spacial score (nSPS) is 14.1. The Hall–Kier alpha value is -1.24. The monoisotopic (exact) mass is 218 g/mol. The van der Waals surface area contributed by atoms with E-state index < -0.39 is 37.2 Å². The van der Waals surface area contributed by atoms with E-state index in [-0.39, 0.29) is 5.57 Å². The number of ether oxygens (including phenoxy) is 1. The molecule has 0 bridgehead atoms. The minimum Gasteiger partial charge on any atom is -0.454 e. The molecule has 0 saturated carbocycles. The average Bonchev–Trinajstić information content (AvgIpc) is 2.22. The molecular weight excluding hydrogens is 204 g/mol. The highest BCUT2D eigenvalue weighted by Crippen LogP contribution is 1.97. The summed E-state index contributed by atoms with van der Waals surface area (Å²) < 4.78 is 4.44. The lowest BCUT2D eigenvalue weighted by Gasteiger charge is -2.13. The fraction of sp³-hybridized carbons (Fsp3) is 0.556. The fourth-order valence-electron chi connectivity index (χ4n) is 0.660. The predicted octanol–water partition coefficient (Wildman–Crippen LogP) is -1.61. The van der Waals surface area contributed by atoms with E-state index in [1.807, 2.05) is 0 Å². The van der Waals surface area contributed by atoms with E-state index in [2.05, 4.69) is 11.3 Å². The third-order valence-corrected chi connectivity index (χ3v) is 1.58. The van der Waals surface area contributed by atoms with Crippen LogP contribution in [-0.2, 0) is 14.3 Å². The van der Waals surface area contributed by atoms with Crippen LogP contribution in [0.25, 0.3) is 0 Å². The number of ketones is 1. The van der Waals surface area contributed by atoms with Gasteiger partial charge in [-0.15, -0.1) is 0 Å². The van der Waals surface area contributed by atoms with Crippen LogP contribution in [0.5, 0.6) is 0 Å². The number of rotatable bonds is 6. The summed E-state index contributed by atoms with van der Waals surface area (Å²) in [5, 5.41) is 26.4. The molecule has 0 fully saturated rings. The Kier molecular flexibility index (Phi) is 5.76. The maximum absolute atomic E-state index is 11.0. The van der Waals surface area contributed by atoms with Crippen molar-refractivity contribution in [2.24, 2.45) is 0 Å². The summed E-state index contributed by atoms with van der Waals surface area (Å²) in [7, 11) is 0. The van der Waals surface area contributed by atoms with Gasteiger partial charge in [0.1, 0.15) is 12.2 Å². The van der Waals surface area contributed by atoms with Crippen LogP contribution >= 0.6 is 0 Å². The zero-order chi connectivity index (χ0) is 12.0. The largest absolute Gasteiger partial charge is 0.454 e. The molecule has 0 amide bonds. The van der Waals surface area contributed by atoms with Crippen molar-refractivity contribution in [1.29, 1.82) is 0 Å². The van der Waals surface area contributed by atoms with Gasteiger partial charge in [-0.25, -0.2) is 4.79 Å². The number of hydrogen-bond donors (Lipinski definition) is 3. The molecule has 0 aliphatic rings. The van der Waals surface area contributed by atoms with Gasteiger partial charge in [-0.05, 0) is 6.92 Å². The average molecular weight is 218 g/mol. The van der Waals surface area contributed by atoms with E-state index in [1.54, 1.807) is 0 Å². The molecule has 2 atom stereocenters. The molecule has 0 aliphatic heterocycles. The first-order valence-corrected chi connectivity index (χ1v) is 4.22. The fourth-order valence-corrected chi connectivity index (χ4v) is 0.660. The van der Waals surface area contributed by atoms with Crippen molar-refractivity contribution in [1.82, 2.24) is 0 Å². The number of aliphatic hydroxyl groups is 3. The maximum atomic E-state index is 11.0. The van der Waals surface area contributed by atoms with Crippen LogP contribution in [0, 0.1) is 0 Å². The molecule has 0 aromatic rings. The molecule has 0 unspecified atom stereocenters. The van der Waals surface area contributed by atoms with Gasteiger partial charge in [-0.1, -0.05) is 6.58 Å². The molecule has 0 spiro atoms. The van der Waals surface area contributed by atoms with E-state index in [4.69, 9.17) is 15.3 Å². The van der Waals surface area contributed by atoms with Crippen LogP contribution in [0.3, 0.4) is 0 Å². The quantitative estimate of drug-likeness (QED) is 0.366. The lowest BCUT2D eigenvalue weighted by Crippen LogP contribution is -2.38. The molecule has 0 saturated heterocycles. The first kappa shape index (κ1) is 13.8. The minimum atomic E-state index is -1.76. The van der Waals surface area contributed by atoms with Gasteiger partial charge in [0.2, 0.25) is 5.78 Å². The minimum absolute atomic E-state index is 0.125. The number of Topliss-reactive ketones (excluding diaryl/α,β-unsaturated/α-hetero) is 1. The third kappa shape index (κ3) is 4.68. The lowest BCUT2D eigenvalue weighted by molar-refractivity contribution is -0.150. The second kappa shape index (κ2) is 6.28. The summed E-state index contributed by atoms with van der Waals surface area (Å²) in [6, 6.07) is 0. The van der Waals surface area contributed by atoms with Crippen molar-refractivity contribution in [2.75, 3.05) is 13.2 Å². The highest BCUT2D eigenvalue weighted by Gasteiger charge is 2.24. The third-order valence-electron chi connectivity index (χ3n) is 1.58. The zero-order valence-electron chi connectivity index (χ0n) is 8.34. The van der Waals surface area contributed by atoms with Gasteiger partial charge < -0.3 is 20.1 Å². The molecule has 86 valence electrons. The SMILES string of the molecule is C=C(C)C(=O)OCC(=O)[C@H](O)[C@H](O)CO. The molecule has 15 heavy (non-hydrogen) atoms. The van der Waals surface area contributed by atoms with Gasteiger partial charge in [-0.2, -0.15) is 0 Å². The molecule has 0 heterocycles. The molecule has 6 nitrogen and oxygen atoms in total.